The highest BCUT2D eigenvalue weighted by molar-refractivity contribution is 5.90. The standard InChI is InChI=1S/C21H38N4O3/c1-4-5-6-17-20(27)25(12-9-23-17)18(13-15(2)3)21(28)24-10-7-16(8-11-24)14-19(22)26/h15-18,23H,4-14H2,1-3H3,(H2,22,26)/t17-,18-/m0/s1. The Morgan fingerprint density at radius 3 is 2.46 bits per heavy atom. The lowest BCUT2D eigenvalue weighted by atomic mass is 9.92. The first-order valence-corrected chi connectivity index (χ1v) is 10.9. The highest BCUT2D eigenvalue weighted by Gasteiger charge is 2.38. The highest BCUT2D eigenvalue weighted by atomic mass is 16.2. The molecule has 2 heterocycles. The van der Waals surface area contributed by atoms with Crippen LogP contribution in [0.4, 0.5) is 0 Å². The number of carbonyl (C=O) groups excluding carboxylic acids is 3. The highest BCUT2D eigenvalue weighted by Crippen LogP contribution is 2.24. The van der Waals surface area contributed by atoms with Crippen molar-refractivity contribution in [1.82, 2.24) is 15.1 Å². The van der Waals surface area contributed by atoms with Crippen molar-refractivity contribution in [2.75, 3.05) is 26.2 Å². The molecule has 7 nitrogen and oxygen atoms in total. The largest absolute Gasteiger partial charge is 0.370 e. The van der Waals surface area contributed by atoms with E-state index in [9.17, 15) is 14.4 Å². The Morgan fingerprint density at radius 1 is 1.21 bits per heavy atom. The lowest BCUT2D eigenvalue weighted by Gasteiger charge is -2.41. The van der Waals surface area contributed by atoms with Crippen LogP contribution in [0.3, 0.4) is 0 Å². The molecule has 2 rings (SSSR count). The van der Waals surface area contributed by atoms with Gasteiger partial charge in [-0.2, -0.15) is 0 Å². The van der Waals surface area contributed by atoms with Gasteiger partial charge in [0.15, 0.2) is 0 Å². The third kappa shape index (κ3) is 6.19. The summed E-state index contributed by atoms with van der Waals surface area (Å²) in [5.41, 5.74) is 5.31. The minimum Gasteiger partial charge on any atom is -0.370 e. The minimum atomic E-state index is -0.383. The van der Waals surface area contributed by atoms with Crippen LogP contribution in [0, 0.1) is 11.8 Å². The molecule has 0 bridgehead atoms. The number of nitrogens with two attached hydrogens (primary N) is 1. The zero-order valence-corrected chi connectivity index (χ0v) is 17.8. The summed E-state index contributed by atoms with van der Waals surface area (Å²) in [6.07, 6.45) is 5.58. The van der Waals surface area contributed by atoms with E-state index in [1.54, 1.807) is 0 Å². The van der Waals surface area contributed by atoms with E-state index < -0.39 is 0 Å². The smallest absolute Gasteiger partial charge is 0.245 e. The molecule has 0 unspecified atom stereocenters. The summed E-state index contributed by atoms with van der Waals surface area (Å²) in [5, 5.41) is 3.32. The monoisotopic (exact) mass is 394 g/mol. The van der Waals surface area contributed by atoms with Crippen molar-refractivity contribution in [2.45, 2.75) is 77.8 Å². The lowest BCUT2D eigenvalue weighted by molar-refractivity contribution is -0.150. The summed E-state index contributed by atoms with van der Waals surface area (Å²) >= 11 is 0. The van der Waals surface area contributed by atoms with Gasteiger partial charge < -0.3 is 20.9 Å². The van der Waals surface area contributed by atoms with Crippen molar-refractivity contribution < 1.29 is 14.4 Å². The van der Waals surface area contributed by atoms with Gasteiger partial charge in [-0.25, -0.2) is 0 Å². The predicted octanol–water partition coefficient (Wildman–Crippen LogP) is 1.51. The maximum Gasteiger partial charge on any atom is 0.245 e. The molecule has 28 heavy (non-hydrogen) atoms. The van der Waals surface area contributed by atoms with Gasteiger partial charge in [0.1, 0.15) is 6.04 Å². The Balaban J connectivity index is 2.05. The average molecular weight is 395 g/mol. The molecule has 2 atom stereocenters. The Kier molecular flexibility index (Phi) is 8.73. The number of rotatable bonds is 9. The Labute approximate surface area is 169 Å². The fourth-order valence-corrected chi connectivity index (χ4v) is 4.36. The third-order valence-corrected chi connectivity index (χ3v) is 5.94. The summed E-state index contributed by atoms with van der Waals surface area (Å²) in [6.45, 7) is 8.93. The van der Waals surface area contributed by atoms with Gasteiger partial charge in [-0.3, -0.25) is 14.4 Å². The second kappa shape index (κ2) is 10.8. The zero-order chi connectivity index (χ0) is 20.7. The van der Waals surface area contributed by atoms with Gasteiger partial charge in [0.05, 0.1) is 6.04 Å². The van der Waals surface area contributed by atoms with E-state index in [-0.39, 0.29) is 35.7 Å². The molecule has 7 heteroatoms. The van der Waals surface area contributed by atoms with Crippen molar-refractivity contribution in [3.05, 3.63) is 0 Å². The maximum absolute atomic E-state index is 13.3. The van der Waals surface area contributed by atoms with Crippen LogP contribution >= 0.6 is 0 Å². The van der Waals surface area contributed by atoms with E-state index in [0.717, 1.165) is 38.6 Å². The van der Waals surface area contributed by atoms with E-state index in [2.05, 4.69) is 26.1 Å². The molecule has 3 N–H and O–H groups in total. The first kappa shape index (κ1) is 22.7. The predicted molar refractivity (Wildman–Crippen MR) is 109 cm³/mol. The van der Waals surface area contributed by atoms with Crippen LogP contribution in [-0.2, 0) is 14.4 Å². The summed E-state index contributed by atoms with van der Waals surface area (Å²) in [6, 6.07) is -0.552. The van der Waals surface area contributed by atoms with E-state index in [4.69, 9.17) is 5.73 Å². The number of carbonyl (C=O) groups is 3. The van der Waals surface area contributed by atoms with Gasteiger partial charge in [0.25, 0.3) is 0 Å². The van der Waals surface area contributed by atoms with Crippen LogP contribution in [0.5, 0.6) is 0 Å². The van der Waals surface area contributed by atoms with Crippen molar-refractivity contribution in [3.8, 4) is 0 Å². The van der Waals surface area contributed by atoms with Crippen LogP contribution in [-0.4, -0.2) is 65.8 Å². The summed E-state index contributed by atoms with van der Waals surface area (Å²) in [7, 11) is 0. The van der Waals surface area contributed by atoms with E-state index in [1.807, 2.05) is 9.80 Å². The molecule has 160 valence electrons. The molecule has 2 aliphatic heterocycles. The first-order valence-electron chi connectivity index (χ1n) is 10.9. The second-order valence-corrected chi connectivity index (χ2v) is 8.77. The molecule has 0 aliphatic carbocycles. The zero-order valence-electron chi connectivity index (χ0n) is 17.8. The quantitative estimate of drug-likeness (QED) is 0.619. The van der Waals surface area contributed by atoms with Gasteiger partial charge in [0.2, 0.25) is 17.7 Å². The molecule has 0 radical (unpaired) electrons. The third-order valence-electron chi connectivity index (χ3n) is 5.94. The average Bonchev–Trinajstić information content (AvgIpc) is 2.65. The number of unbranched alkanes of at least 4 members (excludes halogenated alkanes) is 1. The Bertz CT molecular complexity index is 544. The summed E-state index contributed by atoms with van der Waals surface area (Å²) in [5.74, 6) is 0.465. The molecule has 2 aliphatic rings. The van der Waals surface area contributed by atoms with Gasteiger partial charge >= 0.3 is 0 Å². The van der Waals surface area contributed by atoms with Crippen molar-refractivity contribution >= 4 is 17.7 Å². The summed E-state index contributed by atoms with van der Waals surface area (Å²) < 4.78 is 0. The van der Waals surface area contributed by atoms with Crippen molar-refractivity contribution in [2.24, 2.45) is 17.6 Å². The van der Waals surface area contributed by atoms with Crippen LogP contribution in [0.15, 0.2) is 0 Å². The number of amides is 3. The van der Waals surface area contributed by atoms with Crippen molar-refractivity contribution in [3.63, 3.8) is 0 Å². The molecular weight excluding hydrogens is 356 g/mol. The number of piperazine rings is 1. The topological polar surface area (TPSA) is 95.7 Å². The van der Waals surface area contributed by atoms with E-state index in [1.165, 1.54) is 0 Å². The number of likely N-dealkylation sites (tertiary alicyclic amines) is 1. The van der Waals surface area contributed by atoms with Crippen molar-refractivity contribution in [1.29, 1.82) is 0 Å². The van der Waals surface area contributed by atoms with Crippen LogP contribution < -0.4 is 11.1 Å². The molecule has 0 spiro atoms. The van der Waals surface area contributed by atoms with E-state index >= 15 is 0 Å². The second-order valence-electron chi connectivity index (χ2n) is 8.77. The van der Waals surface area contributed by atoms with Gasteiger partial charge in [-0.05, 0) is 37.5 Å². The molecule has 0 aromatic rings. The number of nitrogens with zero attached hydrogens (tertiary/aromatic N) is 2. The normalized spacial score (nSPS) is 22.6. The molecule has 2 fully saturated rings. The Hall–Kier alpha value is -1.63. The van der Waals surface area contributed by atoms with Gasteiger partial charge in [-0.1, -0.05) is 33.6 Å². The lowest BCUT2D eigenvalue weighted by Crippen LogP contribution is -2.62. The van der Waals surface area contributed by atoms with Crippen LogP contribution in [0.25, 0.3) is 0 Å². The van der Waals surface area contributed by atoms with Crippen LogP contribution in [0.1, 0.15) is 65.7 Å². The number of nitrogens with one attached hydrogen (secondary N) is 1. The molecular formula is C21H38N4O3. The van der Waals surface area contributed by atoms with Gasteiger partial charge in [-0.15, -0.1) is 0 Å². The summed E-state index contributed by atoms with van der Waals surface area (Å²) in [4.78, 5) is 41.3. The van der Waals surface area contributed by atoms with Crippen LogP contribution in [0.2, 0.25) is 0 Å². The minimum absolute atomic E-state index is 0.0655. The number of hydrogen-bond acceptors (Lipinski definition) is 4. The van der Waals surface area contributed by atoms with E-state index in [0.29, 0.717) is 38.4 Å². The maximum atomic E-state index is 13.3. The Morgan fingerprint density at radius 2 is 1.89 bits per heavy atom. The molecule has 3 amide bonds. The molecule has 2 saturated heterocycles. The first-order chi connectivity index (χ1) is 13.3. The SMILES string of the molecule is CCCC[C@@H]1NCCN([C@@H](CC(C)C)C(=O)N2CCC(CC(N)=O)CC2)C1=O. The van der Waals surface area contributed by atoms with Gasteiger partial charge in [0, 0.05) is 32.6 Å². The number of piperidine rings is 1. The fourth-order valence-electron chi connectivity index (χ4n) is 4.36. The molecule has 0 saturated carbocycles. The number of hydrogen-bond donors (Lipinski definition) is 2. The number of primary amides is 1. The molecule has 0 aromatic heterocycles. The molecule has 0 aromatic carbocycles. The fraction of sp³-hybridized carbons (Fsp3) is 0.857.